The highest BCUT2D eigenvalue weighted by molar-refractivity contribution is 8.25. The minimum absolute atomic E-state index is 0.159. The van der Waals surface area contributed by atoms with E-state index in [0.717, 1.165) is 24.0 Å². The van der Waals surface area contributed by atoms with Gasteiger partial charge in [0.05, 0.1) is 29.1 Å². The van der Waals surface area contributed by atoms with Crippen LogP contribution in [-0.2, 0) is 13.0 Å². The Balaban J connectivity index is 1.52. The largest absolute Gasteiger partial charge is 0.478 e. The number of aromatic carboxylic acids is 1. The molecule has 3 aromatic carbocycles. The molecule has 0 aliphatic carbocycles. The van der Waals surface area contributed by atoms with Gasteiger partial charge >= 0.3 is 5.97 Å². The molecule has 10 nitrogen and oxygen atoms in total. The van der Waals surface area contributed by atoms with Crippen LogP contribution in [0, 0.1) is 0 Å². The zero-order valence-electron chi connectivity index (χ0n) is 23.7. The Kier molecular flexibility index (Phi) is 10.8. The summed E-state index contributed by atoms with van der Waals surface area (Å²) in [5, 5.41) is 29.8. The Hall–Kier alpha value is -3.61. The fourth-order valence-electron chi connectivity index (χ4n) is 5.02. The number of amides is 1. The van der Waals surface area contributed by atoms with Crippen LogP contribution < -0.4 is 20.3 Å². The van der Waals surface area contributed by atoms with E-state index in [1.54, 1.807) is 28.6 Å². The molecular formula is C31H40N4O6S. The van der Waals surface area contributed by atoms with E-state index in [9.17, 15) is 28.9 Å². The van der Waals surface area contributed by atoms with E-state index >= 15 is 0 Å². The highest BCUT2D eigenvalue weighted by Gasteiger charge is 2.28. The first-order chi connectivity index (χ1) is 20.2. The molecular weight excluding hydrogens is 556 g/mol. The monoisotopic (exact) mass is 596 g/mol. The third kappa shape index (κ3) is 8.46. The van der Waals surface area contributed by atoms with Crippen LogP contribution >= 0.6 is 10.8 Å². The lowest BCUT2D eigenvalue weighted by molar-refractivity contribution is 0.0696. The van der Waals surface area contributed by atoms with Gasteiger partial charge in [-0.2, -0.15) is 0 Å². The maximum absolute atomic E-state index is 13.6. The number of carboxylic acids is 1. The van der Waals surface area contributed by atoms with E-state index in [1.807, 2.05) is 49.4 Å². The van der Waals surface area contributed by atoms with Crippen molar-refractivity contribution < 1.29 is 28.9 Å². The van der Waals surface area contributed by atoms with Crippen molar-refractivity contribution in [1.82, 2.24) is 10.6 Å². The lowest BCUT2D eigenvalue weighted by Gasteiger charge is -2.47. The van der Waals surface area contributed by atoms with Crippen LogP contribution in [0.5, 0.6) is 0 Å². The Morgan fingerprint density at radius 3 is 2.43 bits per heavy atom. The minimum Gasteiger partial charge on any atom is -0.478 e. The molecule has 0 saturated carbocycles. The molecule has 0 aromatic heterocycles. The summed E-state index contributed by atoms with van der Waals surface area (Å²) < 4.78 is 23.0. The van der Waals surface area contributed by atoms with Crippen molar-refractivity contribution in [3.63, 3.8) is 0 Å². The molecule has 11 heteroatoms. The molecule has 0 bridgehead atoms. The lowest BCUT2D eigenvalue weighted by atomic mass is 10.00. The molecule has 1 aliphatic rings. The number of nitrogens with one attached hydrogen (secondary N) is 3. The number of hydrogen-bond donors (Lipinski definition) is 7. The second kappa shape index (κ2) is 14.5. The first-order valence-corrected chi connectivity index (χ1v) is 15.8. The van der Waals surface area contributed by atoms with Gasteiger partial charge in [-0.25, -0.2) is 4.79 Å². The molecule has 2 atom stereocenters. The third-order valence-electron chi connectivity index (χ3n) is 7.17. The van der Waals surface area contributed by atoms with Gasteiger partial charge in [0, 0.05) is 37.4 Å². The summed E-state index contributed by atoms with van der Waals surface area (Å²) in [6, 6.07) is 20.7. The van der Waals surface area contributed by atoms with Crippen molar-refractivity contribution in [2.75, 3.05) is 35.0 Å². The van der Waals surface area contributed by atoms with E-state index in [-0.39, 0.29) is 12.1 Å². The van der Waals surface area contributed by atoms with Gasteiger partial charge in [0.1, 0.15) is 0 Å². The average Bonchev–Trinajstić information content (AvgIpc) is 2.97. The lowest BCUT2D eigenvalue weighted by Crippen LogP contribution is -2.48. The van der Waals surface area contributed by atoms with E-state index < -0.39 is 34.8 Å². The summed E-state index contributed by atoms with van der Waals surface area (Å²) in [5.74, 6) is -1.10. The summed E-state index contributed by atoms with van der Waals surface area (Å²) >= 11 is 0. The first-order valence-electron chi connectivity index (χ1n) is 14.1. The second-order valence-electron chi connectivity index (χ2n) is 10.4. The SMILES string of the molecule is CCNc1cc(C(=O)N[C@@H](Cc2ccccc2)[C@H](O)CNCc2cccc(C(=O)O)c2)cc(N2CCCCS2(O)O)c1. The predicted molar refractivity (Wildman–Crippen MR) is 167 cm³/mol. The molecule has 1 fully saturated rings. The number of hydrogen-bond acceptors (Lipinski definition) is 8. The molecule has 1 aliphatic heterocycles. The van der Waals surface area contributed by atoms with Gasteiger partial charge in [-0.1, -0.05) is 42.5 Å². The smallest absolute Gasteiger partial charge is 0.335 e. The number of anilines is 2. The molecule has 226 valence electrons. The van der Waals surface area contributed by atoms with Crippen LogP contribution in [0.15, 0.2) is 72.8 Å². The Bertz CT molecular complexity index is 1360. The zero-order valence-corrected chi connectivity index (χ0v) is 24.5. The Morgan fingerprint density at radius 2 is 1.71 bits per heavy atom. The van der Waals surface area contributed by atoms with Gasteiger partial charge in [0.15, 0.2) is 0 Å². The molecule has 42 heavy (non-hydrogen) atoms. The van der Waals surface area contributed by atoms with Gasteiger partial charge in [-0.05, 0) is 67.6 Å². The highest BCUT2D eigenvalue weighted by Crippen LogP contribution is 2.50. The summed E-state index contributed by atoms with van der Waals surface area (Å²) in [5.41, 5.74) is 3.49. The van der Waals surface area contributed by atoms with Crippen LogP contribution in [0.2, 0.25) is 0 Å². The van der Waals surface area contributed by atoms with Gasteiger partial charge < -0.3 is 26.2 Å². The number of aliphatic hydroxyl groups excluding tert-OH is 1. The number of nitrogens with zero attached hydrogens (tertiary/aromatic N) is 1. The van der Waals surface area contributed by atoms with Crippen LogP contribution in [-0.4, -0.2) is 68.7 Å². The van der Waals surface area contributed by atoms with Crippen molar-refractivity contribution in [3.8, 4) is 0 Å². The van der Waals surface area contributed by atoms with E-state index in [0.29, 0.717) is 48.7 Å². The zero-order chi connectivity index (χ0) is 30.1. The number of rotatable bonds is 13. The molecule has 1 heterocycles. The molecule has 0 unspecified atom stereocenters. The van der Waals surface area contributed by atoms with Gasteiger partial charge in [-0.3, -0.25) is 18.2 Å². The van der Waals surface area contributed by atoms with Crippen LogP contribution in [0.25, 0.3) is 0 Å². The maximum atomic E-state index is 13.6. The molecule has 0 radical (unpaired) electrons. The van der Waals surface area contributed by atoms with Gasteiger partial charge in [0.25, 0.3) is 5.91 Å². The van der Waals surface area contributed by atoms with Crippen molar-refractivity contribution in [2.24, 2.45) is 0 Å². The first kappa shape index (κ1) is 31.3. The van der Waals surface area contributed by atoms with Crippen molar-refractivity contribution in [2.45, 2.75) is 44.9 Å². The summed E-state index contributed by atoms with van der Waals surface area (Å²) in [6.45, 7) is 3.55. The number of carbonyl (C=O) groups excluding carboxylic acids is 1. The molecule has 1 amide bonds. The normalized spacial score (nSPS) is 16.7. The van der Waals surface area contributed by atoms with Crippen molar-refractivity contribution in [3.05, 3.63) is 95.1 Å². The molecule has 1 saturated heterocycles. The van der Waals surface area contributed by atoms with E-state index in [1.165, 1.54) is 6.07 Å². The molecule has 3 aromatic rings. The molecule has 4 rings (SSSR count). The Morgan fingerprint density at radius 1 is 0.952 bits per heavy atom. The van der Waals surface area contributed by atoms with Gasteiger partial charge in [0.2, 0.25) is 0 Å². The Labute approximate surface area is 248 Å². The number of carboxylic acid groups (broad SMARTS) is 1. The summed E-state index contributed by atoms with van der Waals surface area (Å²) in [7, 11) is -2.98. The van der Waals surface area contributed by atoms with Crippen molar-refractivity contribution >= 4 is 34.0 Å². The maximum Gasteiger partial charge on any atom is 0.335 e. The third-order valence-corrected chi connectivity index (χ3v) is 9.10. The van der Waals surface area contributed by atoms with Gasteiger partial charge in [-0.15, -0.1) is 10.8 Å². The van der Waals surface area contributed by atoms with Crippen LogP contribution in [0.1, 0.15) is 51.6 Å². The topological polar surface area (TPSA) is 154 Å². The minimum atomic E-state index is -2.98. The standard InChI is InChI=1S/C31H40N4O6S/c1-2-33-26-17-25(18-27(19-26)35-13-6-7-14-42(35,40)41)30(37)34-28(16-22-9-4-3-5-10-22)29(36)21-32-20-23-11-8-12-24(15-23)31(38)39/h3-5,8-12,15,17-19,28-29,32-33,36,40-41H,2,6-7,13-14,16,20-21H2,1H3,(H,34,37)(H,38,39)/t28-,29+/m0/s1. The van der Waals surface area contributed by atoms with Crippen LogP contribution in [0.4, 0.5) is 11.4 Å². The quantitative estimate of drug-likeness (QED) is 0.150. The number of carbonyl (C=O) groups is 2. The second-order valence-corrected chi connectivity index (χ2v) is 12.5. The van der Waals surface area contributed by atoms with E-state index in [2.05, 4.69) is 16.0 Å². The van der Waals surface area contributed by atoms with Crippen molar-refractivity contribution in [1.29, 1.82) is 0 Å². The summed E-state index contributed by atoms with van der Waals surface area (Å²) in [4.78, 5) is 24.9. The van der Waals surface area contributed by atoms with Crippen LogP contribution in [0.3, 0.4) is 0 Å². The summed E-state index contributed by atoms with van der Waals surface area (Å²) in [6.07, 6.45) is 0.984. The average molecular weight is 597 g/mol. The predicted octanol–water partition coefficient (Wildman–Crippen LogP) is 4.57. The fraction of sp³-hybridized carbons (Fsp3) is 0.355. The molecule has 7 N–H and O–H groups in total. The fourth-order valence-corrected chi connectivity index (χ4v) is 6.70. The number of aliphatic hydroxyl groups is 1. The van der Waals surface area contributed by atoms with E-state index in [4.69, 9.17) is 0 Å². The molecule has 0 spiro atoms. The number of benzene rings is 3. The highest BCUT2D eigenvalue weighted by atomic mass is 32.3.